The van der Waals surface area contributed by atoms with Crippen LogP contribution in [0.1, 0.15) is 12.8 Å². The molecule has 6 heavy (non-hydrogen) atoms. The quantitative estimate of drug-likeness (QED) is 0.594. The van der Waals surface area contributed by atoms with E-state index in [4.69, 9.17) is 0 Å². The second kappa shape index (κ2) is 3.59. The van der Waals surface area contributed by atoms with Gasteiger partial charge in [-0.3, -0.25) is 0 Å². The molecule has 0 aliphatic carbocycles. The Bertz CT molecular complexity index is 23.0. The first-order valence-electron chi connectivity index (χ1n) is 2.12. The summed E-state index contributed by atoms with van der Waals surface area (Å²) in [6.45, 7) is 0. The topological polar surface area (TPSA) is 0 Å². The molecule has 1 rings (SSSR count). The molecule has 0 aromatic rings. The molecule has 0 N–H and O–H groups in total. The summed E-state index contributed by atoms with van der Waals surface area (Å²) in [7, 11) is 0. The molecule has 0 aromatic carbocycles. The molecule has 1 aliphatic rings. The van der Waals surface area contributed by atoms with Crippen LogP contribution in [0.5, 0.6) is 0 Å². The van der Waals surface area contributed by atoms with Crippen molar-refractivity contribution in [2.45, 2.75) is 15.4 Å². The first kappa shape index (κ1) is 5.74. The summed E-state index contributed by atoms with van der Waals surface area (Å²) >= 11 is 0.723. The van der Waals surface area contributed by atoms with Crippen molar-refractivity contribution < 1.29 is 32.0 Å². The van der Waals surface area contributed by atoms with Crippen LogP contribution in [-0.2, 0) is 0 Å². The molecule has 0 atom stereocenters. The molecule has 0 amide bonds. The summed E-state index contributed by atoms with van der Waals surface area (Å²) in [5.41, 5.74) is 0. The normalized spacial score (nSPS) is 25.3. The van der Waals surface area contributed by atoms with Crippen LogP contribution >= 0.6 is 6.30 Å². The Morgan fingerprint density at radius 2 is 2.33 bits per heavy atom. The molecule has 1 heterocycles. The zero-order valence-electron chi connectivity index (χ0n) is 3.54. The van der Waals surface area contributed by atoms with Crippen molar-refractivity contribution in [3.05, 3.63) is 0 Å². The van der Waals surface area contributed by atoms with Gasteiger partial charge in [0.15, 0.2) is 0 Å². The van der Waals surface area contributed by atoms with Gasteiger partial charge in [0.05, 0.1) is 0 Å². The molecule has 2 heteroatoms. The Morgan fingerprint density at radius 1 is 1.33 bits per heavy atom. The van der Waals surface area contributed by atoms with Crippen LogP contribution in [0.15, 0.2) is 0 Å². The predicted octanol–water partition coefficient (Wildman–Crippen LogP) is 1.93. The van der Waals surface area contributed by atoms with E-state index in [2.05, 4.69) is 6.30 Å². The Morgan fingerprint density at radius 3 is 2.50 bits per heavy atom. The molecule has 1 saturated heterocycles. The maximum atomic E-state index is 2.19. The van der Waals surface area contributed by atoms with Gasteiger partial charge in [-0.25, -0.2) is 0 Å². The third kappa shape index (κ3) is 2.06. The molecule has 0 nitrogen and oxygen atoms in total. The van der Waals surface area contributed by atoms with E-state index >= 15 is 0 Å². The third-order valence-electron chi connectivity index (χ3n) is 0.686. The zero-order chi connectivity index (χ0) is 4.24. The Kier molecular flexibility index (Phi) is 3.44. The van der Waals surface area contributed by atoms with Crippen molar-refractivity contribution in [1.82, 2.24) is 0 Å². The average molecular weight is 253 g/mol. The van der Waals surface area contributed by atoms with E-state index in [1.807, 2.05) is 0 Å². The fourth-order valence-corrected chi connectivity index (χ4v) is 4.74. The van der Waals surface area contributed by atoms with Gasteiger partial charge in [-0.15, -0.1) is 0 Å². The first-order valence-corrected chi connectivity index (χ1v) is 6.69. The average Bonchev–Trinajstić information content (AvgIpc) is 1.72. The molecular weight excluding hydrogens is 245 g/mol. The Hall–Kier alpha value is 1.61. The van der Waals surface area contributed by atoms with Crippen LogP contribution in [0.4, 0.5) is 0 Å². The van der Waals surface area contributed by atoms with Gasteiger partial charge in [0, 0.05) is 0 Å². The second-order valence-corrected chi connectivity index (χ2v) is 6.31. The summed E-state index contributed by atoms with van der Waals surface area (Å²) < 4.78 is 1.56. The van der Waals surface area contributed by atoms with E-state index in [0.29, 0.717) is 0 Å². The standard InChI is InChI=1S/C4H9S.Ho/c1-2-3-4-5;/h5H,1-4H2;/q;+1/p-1. The van der Waals surface area contributed by atoms with Gasteiger partial charge in [0.1, 0.15) is 0 Å². The van der Waals surface area contributed by atoms with Crippen molar-refractivity contribution >= 4 is 6.30 Å². The van der Waals surface area contributed by atoms with Crippen LogP contribution in [-0.4, -0.2) is 5.75 Å². The fraction of sp³-hybridized carbons (Fsp3) is 1.00. The van der Waals surface area contributed by atoms with E-state index in [1.165, 1.54) is 18.6 Å². The van der Waals surface area contributed by atoms with Crippen molar-refractivity contribution in [1.29, 1.82) is 0 Å². The van der Waals surface area contributed by atoms with Gasteiger partial charge < -0.3 is 0 Å². The van der Waals surface area contributed by atoms with Gasteiger partial charge >= 0.3 is 59.4 Å². The van der Waals surface area contributed by atoms with Crippen molar-refractivity contribution in [3.63, 3.8) is 0 Å². The molecular formula is C4H8HoS. The summed E-state index contributed by atoms with van der Waals surface area (Å²) in [5, 5.41) is 0. The van der Waals surface area contributed by atoms with Crippen molar-refractivity contribution in [2.75, 3.05) is 5.75 Å². The zero-order valence-corrected chi connectivity index (χ0v) is 6.29. The fourth-order valence-electron chi connectivity index (χ4n) is 0.352. The monoisotopic (exact) mass is 253 g/mol. The molecule has 1 aliphatic heterocycles. The summed E-state index contributed by atoms with van der Waals surface area (Å²) in [6.07, 6.45) is 5.20. The Labute approximate surface area is 58.6 Å². The minimum atomic E-state index is 0.723. The van der Waals surface area contributed by atoms with Crippen molar-refractivity contribution in [3.8, 4) is 0 Å². The van der Waals surface area contributed by atoms with Crippen molar-refractivity contribution in [2.24, 2.45) is 0 Å². The molecule has 1 fully saturated rings. The number of hydrogen-bond acceptors (Lipinski definition) is 1. The summed E-state index contributed by atoms with van der Waals surface area (Å²) in [6, 6.07) is 0. The molecule has 0 unspecified atom stereocenters. The van der Waals surface area contributed by atoms with Gasteiger partial charge in [0.25, 0.3) is 0 Å². The van der Waals surface area contributed by atoms with Crippen LogP contribution in [0.3, 0.4) is 0 Å². The Balaban J connectivity index is 2.00. The van der Waals surface area contributed by atoms with E-state index in [1.54, 1.807) is 2.52 Å². The summed E-state index contributed by atoms with van der Waals surface area (Å²) in [5.74, 6) is 1.46. The second-order valence-electron chi connectivity index (χ2n) is 1.24. The number of rotatable bonds is 0. The molecule has 0 saturated carbocycles. The molecule has 0 radical (unpaired) electrons. The SMILES string of the molecule is C1C[CH2][Ho][S]C1. The van der Waals surface area contributed by atoms with E-state index in [9.17, 15) is 0 Å². The molecule has 0 spiro atoms. The van der Waals surface area contributed by atoms with Crippen LogP contribution in [0.2, 0.25) is 2.52 Å². The summed E-state index contributed by atoms with van der Waals surface area (Å²) in [4.78, 5) is 0. The van der Waals surface area contributed by atoms with Crippen LogP contribution in [0.25, 0.3) is 0 Å². The van der Waals surface area contributed by atoms with E-state index in [0.717, 1.165) is 32.0 Å². The number of hydrogen-bond donors (Lipinski definition) is 0. The van der Waals surface area contributed by atoms with Crippen LogP contribution in [0, 0.1) is 32.0 Å². The van der Waals surface area contributed by atoms with Gasteiger partial charge in [-0.1, -0.05) is 0 Å². The van der Waals surface area contributed by atoms with Crippen LogP contribution < -0.4 is 0 Å². The van der Waals surface area contributed by atoms with Gasteiger partial charge in [-0.05, 0) is 0 Å². The van der Waals surface area contributed by atoms with E-state index < -0.39 is 0 Å². The maximum absolute atomic E-state index is 2.19. The molecule has 0 bridgehead atoms. The van der Waals surface area contributed by atoms with Gasteiger partial charge in [-0.2, -0.15) is 0 Å². The van der Waals surface area contributed by atoms with E-state index in [-0.39, 0.29) is 0 Å². The third-order valence-corrected chi connectivity index (χ3v) is 5.58. The van der Waals surface area contributed by atoms with Gasteiger partial charge in [0.2, 0.25) is 0 Å². The first-order chi connectivity index (χ1) is 3.00. The molecule has 0 aromatic heterocycles. The minimum absolute atomic E-state index is 0.723. The predicted molar refractivity (Wildman–Crippen MR) is 26.5 cm³/mol. The molecule has 41 valence electrons.